The minimum Gasteiger partial charge on any atom is -0.335 e. The van der Waals surface area contributed by atoms with E-state index < -0.39 is 0 Å². The molecule has 0 fully saturated rings. The number of aryl methyl sites for hydroxylation is 1. The summed E-state index contributed by atoms with van der Waals surface area (Å²) in [5.74, 6) is 0.744. The summed E-state index contributed by atoms with van der Waals surface area (Å²) in [6, 6.07) is 7.43. The van der Waals surface area contributed by atoms with Gasteiger partial charge in [0.05, 0.1) is 0 Å². The zero-order valence-electron chi connectivity index (χ0n) is 11.6. The van der Waals surface area contributed by atoms with Gasteiger partial charge in [-0.1, -0.05) is 30.7 Å². The predicted octanol–water partition coefficient (Wildman–Crippen LogP) is 2.68. The maximum atomic E-state index is 12.2. The first kappa shape index (κ1) is 14.5. The molecule has 5 nitrogen and oxygen atoms in total. The number of carbonyl (C=O) groups is 1. The van der Waals surface area contributed by atoms with Crippen LogP contribution >= 0.6 is 11.6 Å². The first-order chi connectivity index (χ1) is 9.60. The van der Waals surface area contributed by atoms with E-state index in [1.54, 1.807) is 18.0 Å². The van der Waals surface area contributed by atoms with Crippen LogP contribution in [0.1, 0.15) is 35.4 Å². The first-order valence-corrected chi connectivity index (χ1v) is 6.89. The van der Waals surface area contributed by atoms with E-state index in [-0.39, 0.29) is 11.7 Å². The van der Waals surface area contributed by atoms with Crippen molar-refractivity contribution in [2.24, 2.45) is 0 Å². The molecule has 2 rings (SSSR count). The summed E-state index contributed by atoms with van der Waals surface area (Å²) in [6.45, 7) is 2.52. The van der Waals surface area contributed by atoms with Crippen molar-refractivity contribution in [3.8, 4) is 0 Å². The van der Waals surface area contributed by atoms with Crippen LogP contribution in [0.4, 0.5) is 0 Å². The summed E-state index contributed by atoms with van der Waals surface area (Å²) in [5, 5.41) is 7.41. The Labute approximate surface area is 123 Å². The fourth-order valence-electron chi connectivity index (χ4n) is 1.89. The lowest BCUT2D eigenvalue weighted by Gasteiger charge is -2.15. The van der Waals surface area contributed by atoms with Gasteiger partial charge in [0, 0.05) is 25.0 Å². The number of hydrogen-bond donors (Lipinski definition) is 1. The van der Waals surface area contributed by atoms with Gasteiger partial charge in [-0.15, -0.1) is 5.10 Å². The highest BCUT2D eigenvalue weighted by Gasteiger charge is 2.17. The smallest absolute Gasteiger partial charge is 0.293 e. The number of benzene rings is 1. The minimum atomic E-state index is -0.205. The van der Waals surface area contributed by atoms with Crippen molar-refractivity contribution in [3.63, 3.8) is 0 Å². The number of nitrogens with one attached hydrogen (secondary N) is 1. The number of nitrogens with zero attached hydrogens (tertiary/aromatic N) is 3. The number of aromatic amines is 1. The van der Waals surface area contributed by atoms with E-state index in [1.807, 2.05) is 18.2 Å². The molecule has 0 aliphatic rings. The standard InChI is InChI=1S/C14H17ClN4O/c1-3-5-12-16-13(18-17-12)14(20)19(2)9-10-6-4-7-11(15)8-10/h4,6-8H,3,5,9H2,1-2H3,(H,16,17,18). The summed E-state index contributed by atoms with van der Waals surface area (Å²) in [4.78, 5) is 18.0. The van der Waals surface area contributed by atoms with Crippen LogP contribution in [0.15, 0.2) is 24.3 Å². The van der Waals surface area contributed by atoms with Crippen LogP contribution in [-0.4, -0.2) is 33.0 Å². The third-order valence-electron chi connectivity index (χ3n) is 2.87. The van der Waals surface area contributed by atoms with Crippen LogP contribution < -0.4 is 0 Å². The second kappa shape index (κ2) is 6.52. The molecule has 1 aromatic carbocycles. The Morgan fingerprint density at radius 3 is 2.95 bits per heavy atom. The lowest BCUT2D eigenvalue weighted by Crippen LogP contribution is -2.27. The normalized spacial score (nSPS) is 10.6. The Balaban J connectivity index is 2.04. The van der Waals surface area contributed by atoms with E-state index in [1.165, 1.54) is 0 Å². The predicted molar refractivity (Wildman–Crippen MR) is 77.6 cm³/mol. The molecular weight excluding hydrogens is 276 g/mol. The Morgan fingerprint density at radius 1 is 1.45 bits per heavy atom. The number of amides is 1. The molecule has 1 amide bonds. The molecule has 0 radical (unpaired) electrons. The van der Waals surface area contributed by atoms with Gasteiger partial charge in [-0.2, -0.15) is 0 Å². The zero-order chi connectivity index (χ0) is 14.5. The van der Waals surface area contributed by atoms with Crippen LogP contribution in [0.2, 0.25) is 5.02 Å². The Hall–Kier alpha value is -1.88. The van der Waals surface area contributed by atoms with Crippen LogP contribution in [0.3, 0.4) is 0 Å². The molecule has 1 heterocycles. The number of rotatable bonds is 5. The van der Waals surface area contributed by atoms with Gasteiger partial charge in [0.2, 0.25) is 5.82 Å². The van der Waals surface area contributed by atoms with Gasteiger partial charge in [0.25, 0.3) is 5.91 Å². The van der Waals surface area contributed by atoms with Gasteiger partial charge in [-0.05, 0) is 24.1 Å². The van der Waals surface area contributed by atoms with Crippen molar-refractivity contribution in [3.05, 3.63) is 46.5 Å². The summed E-state index contributed by atoms with van der Waals surface area (Å²) in [6.07, 6.45) is 1.75. The Kier molecular flexibility index (Phi) is 4.74. The second-order valence-electron chi connectivity index (χ2n) is 4.65. The molecule has 0 aliphatic carbocycles. The number of halogens is 1. The summed E-state index contributed by atoms with van der Waals surface area (Å²) >= 11 is 5.93. The molecule has 1 N–H and O–H groups in total. The van der Waals surface area contributed by atoms with Crippen molar-refractivity contribution in [2.75, 3.05) is 7.05 Å². The fourth-order valence-corrected chi connectivity index (χ4v) is 2.10. The third-order valence-corrected chi connectivity index (χ3v) is 3.10. The van der Waals surface area contributed by atoms with E-state index in [9.17, 15) is 4.79 Å². The van der Waals surface area contributed by atoms with E-state index in [2.05, 4.69) is 22.1 Å². The molecule has 0 saturated heterocycles. The lowest BCUT2D eigenvalue weighted by molar-refractivity contribution is 0.0773. The summed E-state index contributed by atoms with van der Waals surface area (Å²) in [5.41, 5.74) is 0.970. The monoisotopic (exact) mass is 292 g/mol. The number of aromatic nitrogens is 3. The molecule has 0 aliphatic heterocycles. The fraction of sp³-hybridized carbons (Fsp3) is 0.357. The first-order valence-electron chi connectivity index (χ1n) is 6.51. The van der Waals surface area contributed by atoms with Gasteiger partial charge in [0.15, 0.2) is 0 Å². The Morgan fingerprint density at radius 2 is 2.25 bits per heavy atom. The van der Waals surface area contributed by atoms with Crippen LogP contribution in [-0.2, 0) is 13.0 Å². The lowest BCUT2D eigenvalue weighted by atomic mass is 10.2. The molecule has 106 valence electrons. The van der Waals surface area contributed by atoms with Gasteiger partial charge in [0.1, 0.15) is 5.82 Å². The molecular formula is C14H17ClN4O. The zero-order valence-corrected chi connectivity index (χ0v) is 12.3. The van der Waals surface area contributed by atoms with Gasteiger partial charge in [-0.25, -0.2) is 4.98 Å². The van der Waals surface area contributed by atoms with E-state index in [0.717, 1.165) is 24.2 Å². The topological polar surface area (TPSA) is 61.9 Å². The van der Waals surface area contributed by atoms with Crippen LogP contribution in [0, 0.1) is 0 Å². The van der Waals surface area contributed by atoms with Crippen molar-refractivity contribution >= 4 is 17.5 Å². The van der Waals surface area contributed by atoms with Crippen LogP contribution in [0.5, 0.6) is 0 Å². The molecule has 0 unspecified atom stereocenters. The highest BCUT2D eigenvalue weighted by atomic mass is 35.5. The minimum absolute atomic E-state index is 0.205. The SMILES string of the molecule is CCCc1nc(C(=O)N(C)Cc2cccc(Cl)c2)n[nH]1. The largest absolute Gasteiger partial charge is 0.335 e. The molecule has 0 saturated carbocycles. The number of hydrogen-bond acceptors (Lipinski definition) is 3. The van der Waals surface area contributed by atoms with E-state index in [0.29, 0.717) is 11.6 Å². The molecule has 1 aromatic heterocycles. The molecule has 0 spiro atoms. The van der Waals surface area contributed by atoms with Gasteiger partial charge >= 0.3 is 0 Å². The highest BCUT2D eigenvalue weighted by Crippen LogP contribution is 2.13. The van der Waals surface area contributed by atoms with Gasteiger partial charge < -0.3 is 4.90 Å². The van der Waals surface area contributed by atoms with Crippen LogP contribution in [0.25, 0.3) is 0 Å². The van der Waals surface area contributed by atoms with Gasteiger partial charge in [-0.3, -0.25) is 9.89 Å². The molecule has 0 atom stereocenters. The quantitative estimate of drug-likeness (QED) is 0.921. The van der Waals surface area contributed by atoms with Crippen molar-refractivity contribution in [2.45, 2.75) is 26.3 Å². The molecule has 6 heteroatoms. The Bertz CT molecular complexity index is 596. The number of H-pyrrole nitrogens is 1. The number of carbonyl (C=O) groups excluding carboxylic acids is 1. The van der Waals surface area contributed by atoms with Crippen molar-refractivity contribution in [1.82, 2.24) is 20.1 Å². The maximum absolute atomic E-state index is 12.2. The van der Waals surface area contributed by atoms with Crippen molar-refractivity contribution in [1.29, 1.82) is 0 Å². The second-order valence-corrected chi connectivity index (χ2v) is 5.08. The molecule has 2 aromatic rings. The van der Waals surface area contributed by atoms with E-state index >= 15 is 0 Å². The maximum Gasteiger partial charge on any atom is 0.293 e. The average Bonchev–Trinajstić information content (AvgIpc) is 2.87. The summed E-state index contributed by atoms with van der Waals surface area (Å²) < 4.78 is 0. The highest BCUT2D eigenvalue weighted by molar-refractivity contribution is 6.30. The van der Waals surface area contributed by atoms with Crippen molar-refractivity contribution < 1.29 is 4.79 Å². The molecule has 20 heavy (non-hydrogen) atoms. The molecule has 0 bridgehead atoms. The van der Waals surface area contributed by atoms with E-state index in [4.69, 9.17) is 11.6 Å². The average molecular weight is 293 g/mol. The summed E-state index contributed by atoms with van der Waals surface area (Å²) in [7, 11) is 1.72. The third kappa shape index (κ3) is 3.57.